The summed E-state index contributed by atoms with van der Waals surface area (Å²) in [6.45, 7) is 0.0964. The fourth-order valence-corrected chi connectivity index (χ4v) is 3.25. The lowest BCUT2D eigenvalue weighted by molar-refractivity contribution is -0.138. The van der Waals surface area contributed by atoms with Crippen LogP contribution in [0.5, 0.6) is 0 Å². The maximum atomic E-state index is 13.0. The molecule has 122 valence electrons. The van der Waals surface area contributed by atoms with Crippen LogP contribution in [0, 0.1) is 11.3 Å². The van der Waals surface area contributed by atoms with E-state index in [0.29, 0.717) is 19.0 Å². The number of hydrogen-bond donors (Lipinski definition) is 1. The molecule has 1 aromatic heterocycles. The van der Waals surface area contributed by atoms with Crippen molar-refractivity contribution in [3.63, 3.8) is 0 Å². The highest BCUT2D eigenvalue weighted by Gasteiger charge is 2.75. The van der Waals surface area contributed by atoms with Crippen LogP contribution in [0.4, 0.5) is 22.0 Å². The molecule has 3 rings (SSSR count). The van der Waals surface area contributed by atoms with E-state index < -0.39 is 34.7 Å². The van der Waals surface area contributed by atoms with Crippen LogP contribution in [0.1, 0.15) is 35.3 Å². The molecule has 4 nitrogen and oxygen atoms in total. The summed E-state index contributed by atoms with van der Waals surface area (Å²) in [7, 11) is 1.24. The Morgan fingerprint density at radius 3 is 2.55 bits per heavy atom. The Balaban J connectivity index is 1.59. The zero-order valence-electron chi connectivity index (χ0n) is 11.7. The molecule has 0 aromatic carbocycles. The molecule has 0 radical (unpaired) electrons. The highest BCUT2D eigenvalue weighted by molar-refractivity contribution is 5.94. The molecule has 1 aromatic rings. The fraction of sp³-hybridized carbons (Fsp3) is 0.692. The molecule has 0 unspecified atom stereocenters. The largest absolute Gasteiger partial charge is 0.420 e. The van der Waals surface area contributed by atoms with Crippen molar-refractivity contribution in [2.24, 2.45) is 18.4 Å². The van der Waals surface area contributed by atoms with Crippen LogP contribution >= 0.6 is 0 Å². The summed E-state index contributed by atoms with van der Waals surface area (Å²) in [5.74, 6) is -3.62. The first-order valence-electron chi connectivity index (χ1n) is 6.81. The van der Waals surface area contributed by atoms with Crippen LogP contribution in [0.25, 0.3) is 0 Å². The van der Waals surface area contributed by atoms with Gasteiger partial charge in [0.15, 0.2) is 0 Å². The van der Waals surface area contributed by atoms with Crippen molar-refractivity contribution < 1.29 is 26.7 Å². The van der Waals surface area contributed by atoms with Gasteiger partial charge in [0.25, 0.3) is 11.8 Å². The normalized spacial score (nSPS) is 29.3. The summed E-state index contributed by atoms with van der Waals surface area (Å²) < 4.78 is 65.3. The molecule has 1 N–H and O–H groups in total. The minimum absolute atomic E-state index is 0.0964. The quantitative estimate of drug-likeness (QED) is 0.869. The lowest BCUT2D eigenvalue weighted by Gasteiger charge is -2.36. The summed E-state index contributed by atoms with van der Waals surface area (Å²) in [5.41, 5.74) is -2.59. The average Bonchev–Trinajstić information content (AvgIpc) is 2.72. The predicted molar refractivity (Wildman–Crippen MR) is 65.3 cm³/mol. The van der Waals surface area contributed by atoms with Gasteiger partial charge in [-0.05, 0) is 18.8 Å². The van der Waals surface area contributed by atoms with Crippen LogP contribution in [0.2, 0.25) is 0 Å². The van der Waals surface area contributed by atoms with E-state index in [4.69, 9.17) is 0 Å². The summed E-state index contributed by atoms with van der Waals surface area (Å²) >= 11 is 0. The van der Waals surface area contributed by atoms with Gasteiger partial charge >= 0.3 is 6.18 Å². The number of nitrogens with zero attached hydrogens (tertiary/aromatic N) is 2. The molecule has 0 aliphatic heterocycles. The van der Waals surface area contributed by atoms with Crippen LogP contribution in [0.3, 0.4) is 0 Å². The molecule has 0 bridgehead atoms. The maximum absolute atomic E-state index is 13.0. The summed E-state index contributed by atoms with van der Waals surface area (Å²) in [5, 5.41) is 5.84. The van der Waals surface area contributed by atoms with Crippen LogP contribution in [-0.2, 0) is 13.2 Å². The molecular formula is C13H14F5N3O. The smallest absolute Gasteiger partial charge is 0.350 e. The Bertz CT molecular complexity index is 616. The number of rotatable bonds is 3. The third-order valence-electron chi connectivity index (χ3n) is 4.58. The molecule has 2 saturated carbocycles. The van der Waals surface area contributed by atoms with Crippen molar-refractivity contribution in [1.82, 2.24) is 15.1 Å². The Labute approximate surface area is 122 Å². The Kier molecular flexibility index (Phi) is 3.06. The molecule has 22 heavy (non-hydrogen) atoms. The average molecular weight is 323 g/mol. The van der Waals surface area contributed by atoms with E-state index in [1.807, 2.05) is 0 Å². The van der Waals surface area contributed by atoms with Gasteiger partial charge in [-0.3, -0.25) is 9.48 Å². The summed E-state index contributed by atoms with van der Waals surface area (Å²) in [6.07, 6.45) is -3.59. The van der Waals surface area contributed by atoms with Gasteiger partial charge in [-0.25, -0.2) is 8.78 Å². The van der Waals surface area contributed by atoms with Gasteiger partial charge in [0, 0.05) is 25.4 Å². The van der Waals surface area contributed by atoms with E-state index >= 15 is 0 Å². The fourth-order valence-electron chi connectivity index (χ4n) is 3.25. The van der Waals surface area contributed by atoms with Crippen LogP contribution in [-0.4, -0.2) is 28.2 Å². The second kappa shape index (κ2) is 4.42. The lowest BCUT2D eigenvalue weighted by Crippen LogP contribution is -2.40. The number of carbonyl (C=O) groups is 1. The van der Waals surface area contributed by atoms with E-state index in [1.54, 1.807) is 0 Å². The first kappa shape index (κ1) is 15.2. The number of carbonyl (C=O) groups excluding carboxylic acids is 1. The van der Waals surface area contributed by atoms with E-state index in [2.05, 4.69) is 10.4 Å². The standard InChI is InChI=1S/C13H14F5N3O/c1-21-9(8(5-20-21)13(16,17)18)10(22)19-4-7-2-11(3-7)6-12(11,14)15/h5,7H,2-4,6H2,1H3,(H,19,22). The zero-order chi connectivity index (χ0) is 16.3. The van der Waals surface area contributed by atoms with E-state index in [0.717, 1.165) is 4.68 Å². The molecule has 0 atom stereocenters. The Morgan fingerprint density at radius 2 is 2.05 bits per heavy atom. The van der Waals surface area contributed by atoms with Gasteiger partial charge in [0.1, 0.15) is 11.3 Å². The van der Waals surface area contributed by atoms with Gasteiger partial charge in [-0.1, -0.05) is 0 Å². The predicted octanol–water partition coefficient (Wildman–Crippen LogP) is 2.60. The molecule has 1 heterocycles. The number of hydrogen-bond acceptors (Lipinski definition) is 2. The third-order valence-corrected chi connectivity index (χ3v) is 4.58. The van der Waals surface area contributed by atoms with Gasteiger partial charge < -0.3 is 5.32 Å². The summed E-state index contributed by atoms with van der Waals surface area (Å²) in [4.78, 5) is 11.9. The number of aryl methyl sites for hydroxylation is 1. The molecule has 2 aliphatic carbocycles. The van der Waals surface area contributed by atoms with Crippen molar-refractivity contribution in [3.05, 3.63) is 17.5 Å². The van der Waals surface area contributed by atoms with Gasteiger partial charge in [-0.15, -0.1) is 0 Å². The summed E-state index contributed by atoms with van der Waals surface area (Å²) in [6, 6.07) is 0. The lowest BCUT2D eigenvalue weighted by atomic mass is 9.71. The van der Waals surface area contributed by atoms with Gasteiger partial charge in [0.05, 0.1) is 6.20 Å². The zero-order valence-corrected chi connectivity index (χ0v) is 11.7. The molecule has 0 saturated heterocycles. The number of aromatic nitrogens is 2. The number of alkyl halides is 5. The SMILES string of the molecule is Cn1ncc(C(F)(F)F)c1C(=O)NCC1CC2(C1)CC2(F)F. The molecule has 9 heteroatoms. The van der Waals surface area contributed by atoms with E-state index in [1.165, 1.54) is 7.05 Å². The second-order valence-electron chi connectivity index (χ2n) is 6.17. The monoisotopic (exact) mass is 323 g/mol. The van der Waals surface area contributed by atoms with Crippen molar-refractivity contribution in [1.29, 1.82) is 0 Å². The highest BCUT2D eigenvalue weighted by Crippen LogP contribution is 2.72. The first-order chi connectivity index (χ1) is 10.1. The van der Waals surface area contributed by atoms with Crippen molar-refractivity contribution in [2.45, 2.75) is 31.4 Å². The minimum atomic E-state index is -4.67. The Morgan fingerprint density at radius 1 is 1.45 bits per heavy atom. The van der Waals surface area contributed by atoms with Gasteiger partial charge in [-0.2, -0.15) is 18.3 Å². The second-order valence-corrected chi connectivity index (χ2v) is 6.17. The van der Waals surface area contributed by atoms with Gasteiger partial charge in [0.2, 0.25) is 0 Å². The van der Waals surface area contributed by atoms with Crippen molar-refractivity contribution >= 4 is 5.91 Å². The van der Waals surface area contributed by atoms with Crippen molar-refractivity contribution in [3.8, 4) is 0 Å². The first-order valence-corrected chi connectivity index (χ1v) is 6.81. The number of nitrogens with one attached hydrogen (secondary N) is 1. The topological polar surface area (TPSA) is 46.9 Å². The third kappa shape index (κ3) is 2.26. The molecule has 1 spiro atoms. The number of halogens is 5. The van der Waals surface area contributed by atoms with E-state index in [-0.39, 0.29) is 18.9 Å². The Hall–Kier alpha value is -1.67. The van der Waals surface area contributed by atoms with Crippen LogP contribution < -0.4 is 5.32 Å². The minimum Gasteiger partial charge on any atom is -0.350 e. The molecule has 1 amide bonds. The van der Waals surface area contributed by atoms with Crippen molar-refractivity contribution in [2.75, 3.05) is 6.54 Å². The van der Waals surface area contributed by atoms with E-state index in [9.17, 15) is 26.7 Å². The highest BCUT2D eigenvalue weighted by atomic mass is 19.4. The number of amides is 1. The molecule has 2 fully saturated rings. The van der Waals surface area contributed by atoms with Crippen LogP contribution in [0.15, 0.2) is 6.20 Å². The molecular weight excluding hydrogens is 309 g/mol. The molecule has 2 aliphatic rings. The maximum Gasteiger partial charge on any atom is 0.420 e.